The van der Waals surface area contributed by atoms with E-state index in [0.717, 1.165) is 5.56 Å². The number of hydrogen-bond acceptors (Lipinski definition) is 5. The molecule has 1 saturated heterocycles. The first-order valence-corrected chi connectivity index (χ1v) is 11.9. The number of halogens is 1. The van der Waals surface area contributed by atoms with Gasteiger partial charge in [-0.25, -0.2) is 8.42 Å². The minimum absolute atomic E-state index is 0.00796. The van der Waals surface area contributed by atoms with Crippen molar-refractivity contribution in [3.05, 3.63) is 69.6 Å². The Labute approximate surface area is 172 Å². The van der Waals surface area contributed by atoms with Gasteiger partial charge in [-0.3, -0.25) is 4.79 Å². The lowest BCUT2D eigenvalue weighted by Crippen LogP contribution is -2.40. The summed E-state index contributed by atoms with van der Waals surface area (Å²) in [6.07, 6.45) is 0.446. The van der Waals surface area contributed by atoms with Crippen LogP contribution in [0.1, 0.15) is 21.9 Å². The van der Waals surface area contributed by atoms with Gasteiger partial charge in [0.2, 0.25) is 0 Å². The van der Waals surface area contributed by atoms with Crippen LogP contribution in [0, 0.1) is 0 Å². The third-order valence-corrected chi connectivity index (χ3v) is 7.58. The number of thiophene rings is 1. The zero-order valence-corrected chi connectivity index (χ0v) is 17.3. The fourth-order valence-electron chi connectivity index (χ4n) is 3.36. The van der Waals surface area contributed by atoms with Gasteiger partial charge in [-0.15, -0.1) is 11.3 Å². The lowest BCUT2D eigenvalue weighted by molar-refractivity contribution is 0.0671. The van der Waals surface area contributed by atoms with Crippen molar-refractivity contribution in [1.82, 2.24) is 4.90 Å². The average Bonchev–Trinajstić information content (AvgIpc) is 3.40. The number of nitrogens with zero attached hydrogens (tertiary/aromatic N) is 1. The highest BCUT2D eigenvalue weighted by molar-refractivity contribution is 7.91. The number of rotatable bonds is 5. The quantitative estimate of drug-likeness (QED) is 0.592. The second kappa shape index (κ2) is 7.73. The predicted molar refractivity (Wildman–Crippen MR) is 110 cm³/mol. The zero-order valence-electron chi connectivity index (χ0n) is 14.9. The largest absolute Gasteiger partial charge is 0.459 e. The molecule has 2 aromatic heterocycles. The first-order valence-electron chi connectivity index (χ1n) is 8.81. The predicted octanol–water partition coefficient (Wildman–Crippen LogP) is 4.49. The molecule has 1 aliphatic rings. The van der Waals surface area contributed by atoms with E-state index in [9.17, 15) is 13.2 Å². The summed E-state index contributed by atoms with van der Waals surface area (Å²) in [5.74, 6) is 1.19. The Bertz CT molecular complexity index is 1090. The first kappa shape index (κ1) is 19.2. The van der Waals surface area contributed by atoms with Crippen molar-refractivity contribution in [1.29, 1.82) is 0 Å². The molecule has 146 valence electrons. The number of carbonyl (C=O) groups is 1. The van der Waals surface area contributed by atoms with Gasteiger partial charge in [0.05, 0.1) is 22.9 Å². The van der Waals surface area contributed by atoms with Crippen LogP contribution in [0.25, 0.3) is 11.3 Å². The highest BCUT2D eigenvalue weighted by atomic mass is 35.5. The van der Waals surface area contributed by atoms with E-state index in [1.54, 1.807) is 17.0 Å². The van der Waals surface area contributed by atoms with E-state index < -0.39 is 9.84 Å². The SMILES string of the molecule is O=C(c1cccs1)N(Cc1ccc(-c2cccc(Cl)c2)o1)[C@H]1CCS(=O)(=O)C1. The molecule has 3 heterocycles. The summed E-state index contributed by atoms with van der Waals surface area (Å²) < 4.78 is 29.8. The molecule has 4 rings (SSSR count). The first-order chi connectivity index (χ1) is 13.4. The van der Waals surface area contributed by atoms with Gasteiger partial charge in [0, 0.05) is 16.6 Å². The highest BCUT2D eigenvalue weighted by Gasteiger charge is 2.35. The smallest absolute Gasteiger partial charge is 0.264 e. The number of benzene rings is 1. The maximum atomic E-state index is 13.0. The summed E-state index contributed by atoms with van der Waals surface area (Å²) in [4.78, 5) is 15.2. The third-order valence-electron chi connectivity index (χ3n) is 4.74. The van der Waals surface area contributed by atoms with Crippen molar-refractivity contribution in [2.24, 2.45) is 0 Å². The van der Waals surface area contributed by atoms with Crippen molar-refractivity contribution in [2.45, 2.75) is 19.0 Å². The molecule has 1 aromatic carbocycles. The van der Waals surface area contributed by atoms with Gasteiger partial charge in [0.25, 0.3) is 5.91 Å². The second-order valence-corrected chi connectivity index (χ2v) is 10.4. The van der Waals surface area contributed by atoms with Gasteiger partial charge >= 0.3 is 0 Å². The standard InChI is InChI=1S/C20H18ClNO4S2/c21-15-4-1-3-14(11-15)18-7-6-17(26-18)12-22(16-8-10-28(24,25)13-16)20(23)19-5-2-9-27-19/h1-7,9,11,16H,8,10,12-13H2/t16-/m0/s1. The molecule has 8 heteroatoms. The number of hydrogen-bond donors (Lipinski definition) is 0. The highest BCUT2D eigenvalue weighted by Crippen LogP contribution is 2.28. The van der Waals surface area contributed by atoms with Crippen molar-refractivity contribution in [2.75, 3.05) is 11.5 Å². The van der Waals surface area contributed by atoms with Crippen molar-refractivity contribution >= 4 is 38.7 Å². The Hall–Kier alpha value is -2.09. The molecule has 1 atom stereocenters. The Kier molecular flexibility index (Phi) is 5.31. The van der Waals surface area contributed by atoms with Crippen LogP contribution in [-0.2, 0) is 16.4 Å². The van der Waals surface area contributed by atoms with Crippen LogP contribution in [0.5, 0.6) is 0 Å². The monoisotopic (exact) mass is 435 g/mol. The Balaban J connectivity index is 1.60. The number of furan rings is 1. The Morgan fingerprint density at radius 3 is 2.75 bits per heavy atom. The summed E-state index contributed by atoms with van der Waals surface area (Å²) >= 11 is 7.39. The number of sulfone groups is 1. The maximum Gasteiger partial charge on any atom is 0.264 e. The molecule has 5 nitrogen and oxygen atoms in total. The molecule has 0 radical (unpaired) electrons. The van der Waals surface area contributed by atoms with Crippen LogP contribution in [0.15, 0.2) is 58.3 Å². The number of carbonyl (C=O) groups excluding carboxylic acids is 1. The molecule has 0 N–H and O–H groups in total. The number of amides is 1. The topological polar surface area (TPSA) is 67.6 Å². The molecule has 1 amide bonds. The normalized spacial score (nSPS) is 18.2. The van der Waals surface area contributed by atoms with Gasteiger partial charge in [0.15, 0.2) is 9.84 Å². The molecule has 0 saturated carbocycles. The van der Waals surface area contributed by atoms with Crippen molar-refractivity contribution in [3.8, 4) is 11.3 Å². The fraction of sp³-hybridized carbons (Fsp3) is 0.250. The molecule has 28 heavy (non-hydrogen) atoms. The van der Waals surface area contributed by atoms with Crippen LogP contribution >= 0.6 is 22.9 Å². The molecule has 0 bridgehead atoms. The van der Waals surface area contributed by atoms with Gasteiger partial charge in [0.1, 0.15) is 11.5 Å². The van der Waals surface area contributed by atoms with Gasteiger partial charge in [-0.1, -0.05) is 29.8 Å². The van der Waals surface area contributed by atoms with E-state index in [4.69, 9.17) is 16.0 Å². The minimum Gasteiger partial charge on any atom is -0.459 e. The molecular weight excluding hydrogens is 418 g/mol. The molecule has 0 aliphatic carbocycles. The van der Waals surface area contributed by atoms with Gasteiger partial charge in [-0.2, -0.15) is 0 Å². The Morgan fingerprint density at radius 2 is 2.07 bits per heavy atom. The van der Waals surface area contributed by atoms with E-state index >= 15 is 0 Å². The summed E-state index contributed by atoms with van der Waals surface area (Å²) in [5.41, 5.74) is 0.846. The van der Waals surface area contributed by atoms with Crippen LogP contribution in [0.2, 0.25) is 5.02 Å². The molecule has 3 aromatic rings. The molecule has 0 spiro atoms. The van der Waals surface area contributed by atoms with Crippen LogP contribution in [-0.4, -0.2) is 36.8 Å². The van der Waals surface area contributed by atoms with Crippen molar-refractivity contribution in [3.63, 3.8) is 0 Å². The Morgan fingerprint density at radius 1 is 1.21 bits per heavy atom. The van der Waals surface area contributed by atoms with Crippen LogP contribution < -0.4 is 0 Å². The summed E-state index contributed by atoms with van der Waals surface area (Å²) in [6.45, 7) is 0.220. The fourth-order valence-corrected chi connectivity index (χ4v) is 5.96. The average molecular weight is 436 g/mol. The van der Waals surface area contributed by atoms with E-state index in [-0.39, 0.29) is 30.0 Å². The van der Waals surface area contributed by atoms with E-state index in [1.807, 2.05) is 41.8 Å². The van der Waals surface area contributed by atoms with Gasteiger partial charge < -0.3 is 9.32 Å². The minimum atomic E-state index is -3.11. The van der Waals surface area contributed by atoms with Crippen LogP contribution in [0.4, 0.5) is 0 Å². The summed E-state index contributed by atoms with van der Waals surface area (Å²) in [6, 6.07) is 14.2. The third kappa shape index (κ3) is 4.16. The zero-order chi connectivity index (χ0) is 19.7. The lowest BCUT2D eigenvalue weighted by atomic mass is 10.2. The molecular formula is C20H18ClNO4S2. The molecule has 1 aliphatic heterocycles. The summed E-state index contributed by atoms with van der Waals surface area (Å²) in [5, 5.41) is 2.45. The lowest BCUT2D eigenvalue weighted by Gasteiger charge is -2.27. The van der Waals surface area contributed by atoms with E-state index in [0.29, 0.717) is 27.8 Å². The summed E-state index contributed by atoms with van der Waals surface area (Å²) in [7, 11) is -3.11. The van der Waals surface area contributed by atoms with E-state index in [2.05, 4.69) is 0 Å². The van der Waals surface area contributed by atoms with Gasteiger partial charge in [-0.05, 0) is 42.1 Å². The van der Waals surface area contributed by atoms with E-state index in [1.165, 1.54) is 11.3 Å². The second-order valence-electron chi connectivity index (χ2n) is 6.74. The molecule has 0 unspecified atom stereocenters. The van der Waals surface area contributed by atoms with Crippen LogP contribution in [0.3, 0.4) is 0 Å². The molecule has 1 fully saturated rings. The van der Waals surface area contributed by atoms with Crippen molar-refractivity contribution < 1.29 is 17.6 Å². The maximum absolute atomic E-state index is 13.0.